The van der Waals surface area contributed by atoms with Crippen LogP contribution in [0.4, 0.5) is 0 Å². The number of hydrogen-bond donors (Lipinski definition) is 2. The number of hydrogen-bond acceptors (Lipinski definition) is 6. The highest BCUT2D eigenvalue weighted by molar-refractivity contribution is 5.81. The van der Waals surface area contributed by atoms with Gasteiger partial charge < -0.3 is 24.5 Å². The molecule has 1 aliphatic heterocycles. The lowest BCUT2D eigenvalue weighted by molar-refractivity contribution is -0.121. The lowest BCUT2D eigenvalue weighted by Gasteiger charge is -2.11. The Bertz CT molecular complexity index is 975. The molecule has 0 unspecified atom stereocenters. The Morgan fingerprint density at radius 2 is 2.00 bits per heavy atom. The van der Waals surface area contributed by atoms with Crippen LogP contribution in [-0.4, -0.2) is 48.9 Å². The van der Waals surface area contributed by atoms with Gasteiger partial charge in [0.15, 0.2) is 11.5 Å². The van der Waals surface area contributed by atoms with Gasteiger partial charge in [-0.1, -0.05) is 0 Å². The Morgan fingerprint density at radius 3 is 2.69 bits per heavy atom. The third-order valence-corrected chi connectivity index (χ3v) is 5.07. The molecule has 1 aromatic heterocycles. The number of unbranched alkanes of at least 4 members (excludes halogenated alkanes) is 1. The zero-order valence-corrected chi connectivity index (χ0v) is 16.8. The summed E-state index contributed by atoms with van der Waals surface area (Å²) in [6, 6.07) is 3.13. The Labute approximate surface area is 168 Å². The fourth-order valence-electron chi connectivity index (χ4n) is 3.46. The van der Waals surface area contributed by atoms with Crippen molar-refractivity contribution in [1.82, 2.24) is 14.9 Å². The molecule has 9 heteroatoms. The van der Waals surface area contributed by atoms with Gasteiger partial charge >= 0.3 is 5.69 Å². The molecule has 0 saturated carbocycles. The van der Waals surface area contributed by atoms with Crippen LogP contribution in [0.2, 0.25) is 0 Å². The number of aromatic amines is 1. The van der Waals surface area contributed by atoms with Crippen LogP contribution < -0.4 is 26.0 Å². The quantitative estimate of drug-likeness (QED) is 0.606. The highest BCUT2D eigenvalue weighted by Crippen LogP contribution is 2.29. The topological polar surface area (TPSA) is 112 Å². The van der Waals surface area contributed by atoms with Crippen LogP contribution in [-0.2, 0) is 16.1 Å². The monoisotopic (exact) mass is 405 g/mol. The largest absolute Gasteiger partial charge is 0.493 e. The highest BCUT2D eigenvalue weighted by Gasteiger charge is 2.16. The van der Waals surface area contributed by atoms with Gasteiger partial charge in [0.25, 0.3) is 5.56 Å². The molecular formula is C20H27N3O6. The number of carbonyl (C=O) groups is 1. The number of methoxy groups -OCH3 is 2. The van der Waals surface area contributed by atoms with Gasteiger partial charge in [-0.2, -0.15) is 0 Å². The number of benzene rings is 1. The number of aromatic nitrogens is 2. The molecule has 3 rings (SSSR count). The van der Waals surface area contributed by atoms with Gasteiger partial charge in [-0.25, -0.2) is 4.79 Å². The normalized spacial score (nSPS) is 16.1. The van der Waals surface area contributed by atoms with Crippen LogP contribution in [0.1, 0.15) is 32.1 Å². The number of nitrogens with zero attached hydrogens (tertiary/aromatic N) is 1. The number of carbonyl (C=O) groups excluding carboxylic acids is 1. The molecule has 29 heavy (non-hydrogen) atoms. The van der Waals surface area contributed by atoms with Crippen molar-refractivity contribution < 1.29 is 19.0 Å². The molecule has 2 N–H and O–H groups in total. The second-order valence-corrected chi connectivity index (χ2v) is 7.04. The molecular weight excluding hydrogens is 378 g/mol. The third kappa shape index (κ3) is 4.97. The third-order valence-electron chi connectivity index (χ3n) is 5.07. The fourth-order valence-corrected chi connectivity index (χ4v) is 3.46. The maximum absolute atomic E-state index is 12.7. The first kappa shape index (κ1) is 20.9. The standard InChI is InChI=1S/C20H27N3O6/c1-27-16-10-14-15(11-17(16)28-2)22-20(26)23(19(14)25)8-4-3-7-18(24)21-12-13-6-5-9-29-13/h10-11,13H,3-9,12H2,1-2H3,(H,21,24)(H,22,26)/t13-/m1/s1. The van der Waals surface area contributed by atoms with E-state index in [-0.39, 0.29) is 18.6 Å². The van der Waals surface area contributed by atoms with E-state index >= 15 is 0 Å². The van der Waals surface area contributed by atoms with E-state index in [2.05, 4.69) is 10.3 Å². The molecule has 2 heterocycles. The zero-order valence-electron chi connectivity index (χ0n) is 16.8. The number of amides is 1. The minimum absolute atomic E-state index is 0.0444. The van der Waals surface area contributed by atoms with Gasteiger partial charge in [0.1, 0.15) is 0 Å². The van der Waals surface area contributed by atoms with Crippen LogP contribution in [0.5, 0.6) is 11.5 Å². The first-order valence-corrected chi connectivity index (χ1v) is 9.80. The van der Waals surface area contributed by atoms with E-state index in [4.69, 9.17) is 14.2 Å². The van der Waals surface area contributed by atoms with Gasteiger partial charge in [-0.15, -0.1) is 0 Å². The van der Waals surface area contributed by atoms with E-state index in [0.29, 0.717) is 48.2 Å². The van der Waals surface area contributed by atoms with Crippen LogP contribution >= 0.6 is 0 Å². The summed E-state index contributed by atoms with van der Waals surface area (Å²) in [6.45, 7) is 1.53. The Hall–Kier alpha value is -2.81. The molecule has 9 nitrogen and oxygen atoms in total. The lowest BCUT2D eigenvalue weighted by Crippen LogP contribution is -2.35. The molecule has 1 atom stereocenters. The Kier molecular flexibility index (Phi) is 6.92. The average Bonchev–Trinajstić information content (AvgIpc) is 3.24. The first-order valence-electron chi connectivity index (χ1n) is 9.80. The lowest BCUT2D eigenvalue weighted by atomic mass is 10.2. The van der Waals surface area contributed by atoms with Crippen LogP contribution in [0, 0.1) is 0 Å². The van der Waals surface area contributed by atoms with Crippen LogP contribution in [0.25, 0.3) is 10.9 Å². The van der Waals surface area contributed by atoms with Crippen molar-refractivity contribution in [2.45, 2.75) is 44.8 Å². The predicted molar refractivity (Wildman–Crippen MR) is 108 cm³/mol. The SMILES string of the molecule is COc1cc2[nH]c(=O)n(CCCCC(=O)NC[C@H]3CCCO3)c(=O)c2cc1OC. The van der Waals surface area contributed by atoms with E-state index in [0.717, 1.165) is 24.0 Å². The van der Waals surface area contributed by atoms with Gasteiger partial charge in [-0.05, 0) is 31.7 Å². The molecule has 1 fully saturated rings. The summed E-state index contributed by atoms with van der Waals surface area (Å²) in [4.78, 5) is 39.7. The summed E-state index contributed by atoms with van der Waals surface area (Å²) in [5.41, 5.74) is -0.493. The molecule has 1 aromatic carbocycles. The van der Waals surface area contributed by atoms with E-state index in [9.17, 15) is 14.4 Å². The molecule has 0 radical (unpaired) electrons. The summed E-state index contributed by atoms with van der Waals surface area (Å²) in [5, 5.41) is 3.21. The van der Waals surface area contributed by atoms with Crippen molar-refractivity contribution in [3.05, 3.63) is 33.0 Å². The van der Waals surface area contributed by atoms with Gasteiger partial charge in [0.2, 0.25) is 5.91 Å². The van der Waals surface area contributed by atoms with Gasteiger partial charge in [0.05, 0.1) is 31.2 Å². The van der Waals surface area contributed by atoms with Crippen LogP contribution in [0.15, 0.2) is 21.7 Å². The number of nitrogens with one attached hydrogen (secondary N) is 2. The zero-order chi connectivity index (χ0) is 20.8. The second kappa shape index (κ2) is 9.60. The maximum atomic E-state index is 12.7. The van der Waals surface area contributed by atoms with Crippen molar-refractivity contribution in [1.29, 1.82) is 0 Å². The highest BCUT2D eigenvalue weighted by atomic mass is 16.5. The fraction of sp³-hybridized carbons (Fsp3) is 0.550. The molecule has 0 aliphatic carbocycles. The van der Waals surface area contributed by atoms with Crippen molar-refractivity contribution in [3.8, 4) is 11.5 Å². The molecule has 1 saturated heterocycles. The number of ether oxygens (including phenoxy) is 3. The Morgan fingerprint density at radius 1 is 1.24 bits per heavy atom. The van der Waals surface area contributed by atoms with Gasteiger partial charge in [0, 0.05) is 32.2 Å². The summed E-state index contributed by atoms with van der Waals surface area (Å²) < 4.78 is 17.1. The van der Waals surface area contributed by atoms with E-state index in [1.165, 1.54) is 14.2 Å². The minimum atomic E-state index is -0.488. The summed E-state index contributed by atoms with van der Waals surface area (Å²) >= 11 is 0. The number of H-pyrrole nitrogens is 1. The molecule has 1 amide bonds. The summed E-state index contributed by atoms with van der Waals surface area (Å²) in [7, 11) is 2.97. The molecule has 0 bridgehead atoms. The summed E-state index contributed by atoms with van der Waals surface area (Å²) in [6.07, 6.45) is 3.59. The number of rotatable bonds is 9. The van der Waals surface area contributed by atoms with Crippen molar-refractivity contribution >= 4 is 16.8 Å². The van der Waals surface area contributed by atoms with Crippen molar-refractivity contribution in [3.63, 3.8) is 0 Å². The molecule has 158 valence electrons. The molecule has 1 aliphatic rings. The van der Waals surface area contributed by atoms with Crippen molar-refractivity contribution in [2.75, 3.05) is 27.4 Å². The van der Waals surface area contributed by atoms with E-state index in [1.54, 1.807) is 12.1 Å². The van der Waals surface area contributed by atoms with E-state index < -0.39 is 11.2 Å². The van der Waals surface area contributed by atoms with E-state index in [1.807, 2.05) is 0 Å². The summed E-state index contributed by atoms with van der Waals surface area (Å²) in [5.74, 6) is 0.803. The smallest absolute Gasteiger partial charge is 0.328 e. The number of fused-ring (bicyclic) bond motifs is 1. The molecule has 2 aromatic rings. The Balaban J connectivity index is 1.60. The second-order valence-electron chi connectivity index (χ2n) is 7.04. The maximum Gasteiger partial charge on any atom is 0.328 e. The van der Waals surface area contributed by atoms with Crippen molar-refractivity contribution in [2.24, 2.45) is 0 Å². The average molecular weight is 405 g/mol. The predicted octanol–water partition coefficient (Wildman–Crippen LogP) is 1.17. The van der Waals surface area contributed by atoms with Crippen LogP contribution in [0.3, 0.4) is 0 Å². The first-order chi connectivity index (χ1) is 14.0. The van der Waals surface area contributed by atoms with Gasteiger partial charge in [-0.3, -0.25) is 14.2 Å². The minimum Gasteiger partial charge on any atom is -0.493 e. The molecule has 0 spiro atoms.